The summed E-state index contributed by atoms with van der Waals surface area (Å²) >= 11 is 0. The maximum atomic E-state index is 12.7. The Balaban J connectivity index is 1.75. The summed E-state index contributed by atoms with van der Waals surface area (Å²) in [7, 11) is 3.94. The van der Waals surface area contributed by atoms with E-state index in [0.717, 1.165) is 19.3 Å². The second kappa shape index (κ2) is 5.41. The highest BCUT2D eigenvalue weighted by Gasteiger charge is 2.46. The Hall–Kier alpha value is -1.42. The van der Waals surface area contributed by atoms with Crippen molar-refractivity contribution in [1.82, 2.24) is 5.32 Å². The van der Waals surface area contributed by atoms with Crippen molar-refractivity contribution in [2.45, 2.75) is 49.4 Å². The molecular formula is C15H22B2N2O2. The fraction of sp³-hybridized carbons (Fsp3) is 0.533. The molecule has 0 saturated heterocycles. The van der Waals surface area contributed by atoms with Gasteiger partial charge in [0, 0.05) is 5.54 Å². The predicted octanol–water partition coefficient (Wildman–Crippen LogP) is 1.21. The first-order valence-corrected chi connectivity index (χ1v) is 7.77. The Morgan fingerprint density at radius 3 is 2.33 bits per heavy atom. The van der Waals surface area contributed by atoms with Crippen molar-refractivity contribution in [2.24, 2.45) is 0 Å². The Kier molecular flexibility index (Phi) is 3.74. The molecule has 3 fully saturated rings. The lowest BCUT2D eigenvalue weighted by atomic mass is 9.49. The topological polar surface area (TPSA) is 50.4 Å². The molecule has 0 radical (unpaired) electrons. The number of hydrogen-bond acceptors (Lipinski definition) is 3. The van der Waals surface area contributed by atoms with Gasteiger partial charge in [0.1, 0.15) is 7.85 Å². The first kappa shape index (κ1) is 14.5. The van der Waals surface area contributed by atoms with Gasteiger partial charge in [-0.25, -0.2) is 0 Å². The van der Waals surface area contributed by atoms with Crippen molar-refractivity contribution in [2.75, 3.05) is 5.48 Å². The highest BCUT2D eigenvalue weighted by molar-refractivity contribution is 6.15. The molecule has 110 valence electrons. The van der Waals surface area contributed by atoms with Crippen molar-refractivity contribution in [3.63, 3.8) is 0 Å². The molecule has 4 rings (SSSR count). The van der Waals surface area contributed by atoms with Gasteiger partial charge in [0.2, 0.25) is 0 Å². The lowest BCUT2D eigenvalue weighted by Crippen LogP contribution is -2.55. The maximum Gasteiger partial charge on any atom is 0.295 e. The molecule has 0 aromatic heterocycles. The second-order valence-corrected chi connectivity index (χ2v) is 6.90. The van der Waals surface area contributed by atoms with Gasteiger partial charge in [0.15, 0.2) is 0 Å². The molecule has 3 aliphatic carbocycles. The van der Waals surface area contributed by atoms with E-state index < -0.39 is 0 Å². The van der Waals surface area contributed by atoms with E-state index in [0.29, 0.717) is 16.6 Å². The molecule has 21 heavy (non-hydrogen) atoms. The standard InChI is InChI=1S/C15H22B2N2O2/c16-14-5-8-15(9-6-14,10-7-14)18-13(20)11-3-1-2-4-12(11)19-21-17/h1-4,19H,5-10,16-17H2,(H,18,20). The summed E-state index contributed by atoms with van der Waals surface area (Å²) in [5.41, 5.74) is 4.15. The molecule has 1 amide bonds. The van der Waals surface area contributed by atoms with Gasteiger partial charge >= 0.3 is 0 Å². The monoisotopic (exact) mass is 284 g/mol. The summed E-state index contributed by atoms with van der Waals surface area (Å²) in [6, 6.07) is 7.47. The Morgan fingerprint density at radius 2 is 1.71 bits per heavy atom. The summed E-state index contributed by atoms with van der Waals surface area (Å²) < 4.78 is 4.95. The van der Waals surface area contributed by atoms with Crippen molar-refractivity contribution in [3.05, 3.63) is 29.8 Å². The SMILES string of the molecule is BONc1ccccc1C(=O)NC12CCC(B)(CC1)CC2. The Labute approximate surface area is 127 Å². The maximum absolute atomic E-state index is 12.7. The molecule has 1 aromatic rings. The average molecular weight is 284 g/mol. The lowest BCUT2D eigenvalue weighted by Gasteiger charge is -2.52. The van der Waals surface area contributed by atoms with Crippen LogP contribution in [0.5, 0.6) is 0 Å². The minimum Gasteiger partial charge on any atom is -0.350 e. The molecule has 2 N–H and O–H groups in total. The molecule has 0 spiro atoms. The summed E-state index contributed by atoms with van der Waals surface area (Å²) in [4.78, 5) is 12.7. The summed E-state index contributed by atoms with van der Waals surface area (Å²) in [6.45, 7) is 0. The predicted molar refractivity (Wildman–Crippen MR) is 88.8 cm³/mol. The number of fused-ring (bicyclic) bond motifs is 3. The zero-order valence-corrected chi connectivity index (χ0v) is 12.9. The molecule has 0 atom stereocenters. The minimum absolute atomic E-state index is 0.000605. The van der Waals surface area contributed by atoms with Gasteiger partial charge in [-0.3, -0.25) is 10.3 Å². The van der Waals surface area contributed by atoms with E-state index in [1.165, 1.54) is 19.3 Å². The number of para-hydroxylation sites is 1. The summed E-state index contributed by atoms with van der Waals surface area (Å²) in [6.07, 6.45) is 7.00. The van der Waals surface area contributed by atoms with Crippen LogP contribution in [0.25, 0.3) is 0 Å². The fourth-order valence-electron chi connectivity index (χ4n) is 3.75. The van der Waals surface area contributed by atoms with Gasteiger partial charge in [-0.15, -0.1) is 0 Å². The van der Waals surface area contributed by atoms with Gasteiger partial charge in [-0.2, -0.15) is 0 Å². The fourth-order valence-corrected chi connectivity index (χ4v) is 3.75. The third-order valence-electron chi connectivity index (χ3n) is 5.38. The van der Waals surface area contributed by atoms with E-state index >= 15 is 0 Å². The van der Waals surface area contributed by atoms with Crippen LogP contribution in [0.3, 0.4) is 0 Å². The van der Waals surface area contributed by atoms with Gasteiger partial charge in [0.05, 0.1) is 11.3 Å². The number of amides is 1. The first-order chi connectivity index (χ1) is 10.1. The minimum atomic E-state index is 0.000605. The van der Waals surface area contributed by atoms with Gasteiger partial charge in [-0.1, -0.05) is 36.7 Å². The number of carbonyl (C=O) groups excluding carboxylic acids is 1. The van der Waals surface area contributed by atoms with Crippen LogP contribution in [0.15, 0.2) is 24.3 Å². The van der Waals surface area contributed by atoms with Gasteiger partial charge in [0.25, 0.3) is 14.0 Å². The van der Waals surface area contributed by atoms with Crippen LogP contribution < -0.4 is 10.8 Å². The molecule has 1 aromatic carbocycles. The molecule has 3 saturated carbocycles. The highest BCUT2D eigenvalue weighted by atomic mass is 16.6. The van der Waals surface area contributed by atoms with Crippen LogP contribution in [0.2, 0.25) is 5.31 Å². The zero-order chi connectivity index (χ0) is 14.9. The first-order valence-electron chi connectivity index (χ1n) is 7.77. The van der Waals surface area contributed by atoms with Crippen molar-refractivity contribution in [3.8, 4) is 0 Å². The van der Waals surface area contributed by atoms with E-state index in [-0.39, 0.29) is 11.4 Å². The summed E-state index contributed by atoms with van der Waals surface area (Å²) in [5.74, 6) is 0.000605. The quantitative estimate of drug-likeness (QED) is 0.645. The van der Waals surface area contributed by atoms with Gasteiger partial charge in [-0.05, 0) is 31.4 Å². The van der Waals surface area contributed by atoms with Gasteiger partial charge < -0.3 is 10.1 Å². The number of hydrogen-bond donors (Lipinski definition) is 2. The molecule has 4 nitrogen and oxygen atoms in total. The number of nitrogens with one attached hydrogen (secondary N) is 2. The highest BCUT2D eigenvalue weighted by Crippen LogP contribution is 2.55. The molecule has 2 bridgehead atoms. The molecule has 0 aliphatic heterocycles. The van der Waals surface area contributed by atoms with Crippen LogP contribution in [0.4, 0.5) is 5.69 Å². The average Bonchev–Trinajstić information content (AvgIpc) is 2.50. The number of anilines is 1. The van der Waals surface area contributed by atoms with E-state index in [9.17, 15) is 4.79 Å². The van der Waals surface area contributed by atoms with E-state index in [4.69, 9.17) is 4.76 Å². The van der Waals surface area contributed by atoms with Crippen molar-refractivity contribution < 1.29 is 9.55 Å². The lowest BCUT2D eigenvalue weighted by molar-refractivity contribution is 0.0742. The second-order valence-electron chi connectivity index (χ2n) is 6.90. The normalized spacial score (nSPS) is 30.9. The number of carbonyl (C=O) groups is 1. The third-order valence-corrected chi connectivity index (χ3v) is 5.38. The number of rotatable bonds is 4. The van der Waals surface area contributed by atoms with E-state index in [1.54, 1.807) is 8.05 Å². The molecule has 0 unspecified atom stereocenters. The molecule has 3 aliphatic rings. The van der Waals surface area contributed by atoms with Crippen LogP contribution >= 0.6 is 0 Å². The van der Waals surface area contributed by atoms with Crippen molar-refractivity contribution >= 4 is 27.5 Å². The zero-order valence-electron chi connectivity index (χ0n) is 12.9. The van der Waals surface area contributed by atoms with E-state index in [1.807, 2.05) is 24.3 Å². The van der Waals surface area contributed by atoms with Crippen LogP contribution in [-0.4, -0.2) is 27.3 Å². The summed E-state index contributed by atoms with van der Waals surface area (Å²) in [5, 5.41) is 3.83. The number of benzene rings is 1. The van der Waals surface area contributed by atoms with Crippen LogP contribution in [0, 0.1) is 0 Å². The molecular weight excluding hydrogens is 262 g/mol. The van der Waals surface area contributed by atoms with Crippen LogP contribution in [-0.2, 0) is 4.76 Å². The largest absolute Gasteiger partial charge is 0.350 e. The Bertz CT molecular complexity index is 526. The smallest absolute Gasteiger partial charge is 0.295 e. The third kappa shape index (κ3) is 2.82. The molecule has 0 heterocycles. The molecule has 6 heteroatoms. The van der Waals surface area contributed by atoms with Crippen molar-refractivity contribution in [1.29, 1.82) is 0 Å². The van der Waals surface area contributed by atoms with Crippen LogP contribution in [0.1, 0.15) is 48.9 Å². The van der Waals surface area contributed by atoms with E-state index in [2.05, 4.69) is 18.6 Å². The Morgan fingerprint density at radius 1 is 1.10 bits per heavy atom.